The molecular formula is C15H16N2O5S3. The number of nitrogens with two attached hydrogens (primary N) is 1. The van der Waals surface area contributed by atoms with Crippen LogP contribution in [0.1, 0.15) is 5.56 Å². The van der Waals surface area contributed by atoms with Gasteiger partial charge in [0.1, 0.15) is 14.6 Å². The van der Waals surface area contributed by atoms with Gasteiger partial charge in [-0.1, -0.05) is 23.9 Å². The van der Waals surface area contributed by atoms with E-state index in [1.54, 1.807) is 19.2 Å². The Hall–Kier alpha value is -1.75. The minimum atomic E-state index is -3.98. The summed E-state index contributed by atoms with van der Waals surface area (Å²) in [7, 11) is -6.09. The normalized spacial score (nSPS) is 22.2. The van der Waals surface area contributed by atoms with Crippen LogP contribution in [0.25, 0.3) is 0 Å². The number of phenols is 1. The minimum Gasteiger partial charge on any atom is -0.508 e. The van der Waals surface area contributed by atoms with Gasteiger partial charge in [-0.3, -0.25) is 0 Å². The molecule has 134 valence electrons. The van der Waals surface area contributed by atoms with E-state index in [1.807, 2.05) is 0 Å². The molecule has 1 aromatic carbocycles. The number of nitrogens with one attached hydrogen (secondary N) is 1. The fraction of sp³-hybridized carbons (Fsp3) is 0.200. The summed E-state index contributed by atoms with van der Waals surface area (Å²) >= 11 is 0.726. The number of hydrogen-bond donors (Lipinski definition) is 3. The number of thioether (sulfide) groups is 1. The SMILES string of the molecule is CNC1=C2C=C(S(N)(=O)=O)SC2S(=O)(=O)C(Cc2ccc(O)cc2)=C1. The van der Waals surface area contributed by atoms with Crippen molar-refractivity contribution in [3.63, 3.8) is 0 Å². The molecule has 2 heterocycles. The zero-order chi connectivity index (χ0) is 18.4. The third kappa shape index (κ3) is 3.34. The maximum Gasteiger partial charge on any atom is 0.244 e. The highest BCUT2D eigenvalue weighted by Crippen LogP contribution is 2.47. The Kier molecular flexibility index (Phi) is 4.48. The molecule has 1 aromatic rings. The second-order valence-electron chi connectivity index (χ2n) is 5.58. The fourth-order valence-corrected chi connectivity index (χ4v) is 7.30. The first-order valence-corrected chi connectivity index (χ1v) is 11.2. The van der Waals surface area contributed by atoms with Crippen molar-refractivity contribution in [2.45, 2.75) is 11.0 Å². The molecule has 0 spiro atoms. The molecule has 0 saturated heterocycles. The van der Waals surface area contributed by atoms with Crippen molar-refractivity contribution in [1.29, 1.82) is 0 Å². The van der Waals surface area contributed by atoms with Crippen molar-refractivity contribution < 1.29 is 21.9 Å². The van der Waals surface area contributed by atoms with E-state index in [2.05, 4.69) is 5.32 Å². The van der Waals surface area contributed by atoms with Gasteiger partial charge in [-0.15, -0.1) is 0 Å². The number of hydrogen-bond acceptors (Lipinski definition) is 7. The summed E-state index contributed by atoms with van der Waals surface area (Å²) in [5.41, 5.74) is 1.64. The molecule has 3 rings (SSSR count). The Labute approximate surface area is 150 Å². The lowest BCUT2D eigenvalue weighted by molar-refractivity contribution is 0.475. The number of rotatable bonds is 4. The van der Waals surface area contributed by atoms with Crippen molar-refractivity contribution >= 4 is 31.6 Å². The van der Waals surface area contributed by atoms with Crippen LogP contribution in [-0.2, 0) is 26.3 Å². The summed E-state index contributed by atoms with van der Waals surface area (Å²) in [4.78, 5) is 0.174. The average molecular weight is 401 g/mol. The van der Waals surface area contributed by atoms with E-state index >= 15 is 0 Å². The van der Waals surface area contributed by atoms with Crippen LogP contribution in [0.5, 0.6) is 5.75 Å². The Morgan fingerprint density at radius 1 is 1.24 bits per heavy atom. The van der Waals surface area contributed by atoms with Crippen LogP contribution >= 0.6 is 11.8 Å². The molecule has 1 atom stereocenters. The first kappa shape index (κ1) is 18.1. The van der Waals surface area contributed by atoms with E-state index in [4.69, 9.17) is 5.14 Å². The molecule has 0 bridgehead atoms. The van der Waals surface area contributed by atoms with Gasteiger partial charge in [0.25, 0.3) is 0 Å². The third-order valence-corrected chi connectivity index (χ3v) is 9.22. The topological polar surface area (TPSA) is 127 Å². The summed E-state index contributed by atoms with van der Waals surface area (Å²) in [6.07, 6.45) is 2.96. The van der Waals surface area contributed by atoms with Crippen molar-refractivity contribution in [3.8, 4) is 5.75 Å². The van der Waals surface area contributed by atoms with E-state index in [0.29, 0.717) is 16.8 Å². The van der Waals surface area contributed by atoms with E-state index in [0.717, 1.165) is 11.8 Å². The summed E-state index contributed by atoms with van der Waals surface area (Å²) in [5.74, 6) is 0.0932. The molecule has 2 aliphatic heterocycles. The second-order valence-corrected chi connectivity index (χ2v) is 10.9. The standard InChI is InChI=1S/C15H16N2O5S3/c1-17-13-7-11(6-9-2-4-10(18)5-3-9)24(19,20)15-12(13)8-14(23-15)25(16,21)22/h2-5,7-8,15,17-18H,6H2,1H3,(H2,16,21,22). The molecule has 4 N–H and O–H groups in total. The summed E-state index contributed by atoms with van der Waals surface area (Å²) in [5, 5.41) is 17.4. The number of sulfonamides is 1. The van der Waals surface area contributed by atoms with Crippen LogP contribution in [0.2, 0.25) is 0 Å². The number of benzene rings is 1. The lowest BCUT2D eigenvalue weighted by Gasteiger charge is -2.23. The van der Waals surface area contributed by atoms with Crippen molar-refractivity contribution in [2.24, 2.45) is 5.14 Å². The Morgan fingerprint density at radius 2 is 1.88 bits per heavy atom. The van der Waals surface area contributed by atoms with Gasteiger partial charge in [-0.2, -0.15) is 0 Å². The average Bonchev–Trinajstić information content (AvgIpc) is 2.99. The fourth-order valence-electron chi connectivity index (χ4n) is 2.63. The van der Waals surface area contributed by atoms with Crippen molar-refractivity contribution in [3.05, 3.63) is 62.4 Å². The predicted molar refractivity (Wildman–Crippen MR) is 97.5 cm³/mol. The lowest BCUT2D eigenvalue weighted by atomic mass is 10.1. The first-order valence-electron chi connectivity index (χ1n) is 7.18. The van der Waals surface area contributed by atoms with Crippen LogP contribution in [-0.4, -0.2) is 33.6 Å². The monoisotopic (exact) mass is 400 g/mol. The molecule has 10 heteroatoms. The van der Waals surface area contributed by atoms with Gasteiger partial charge in [-0.05, 0) is 29.8 Å². The maximum atomic E-state index is 12.9. The number of primary sulfonamides is 1. The quantitative estimate of drug-likeness (QED) is 0.686. The highest BCUT2D eigenvalue weighted by Gasteiger charge is 2.43. The molecule has 7 nitrogen and oxygen atoms in total. The van der Waals surface area contributed by atoms with E-state index in [-0.39, 0.29) is 21.3 Å². The van der Waals surface area contributed by atoms with Crippen LogP contribution < -0.4 is 10.5 Å². The molecule has 0 radical (unpaired) electrons. The first-order chi connectivity index (χ1) is 11.6. The van der Waals surface area contributed by atoms with Gasteiger partial charge in [0.05, 0.1) is 4.91 Å². The van der Waals surface area contributed by atoms with Gasteiger partial charge in [0, 0.05) is 24.7 Å². The molecule has 0 amide bonds. The summed E-state index contributed by atoms with van der Waals surface area (Å²) < 4.78 is 47.9. The molecular weight excluding hydrogens is 384 g/mol. The third-order valence-electron chi connectivity index (χ3n) is 3.88. The summed E-state index contributed by atoms with van der Waals surface area (Å²) in [6, 6.07) is 6.24. The Morgan fingerprint density at radius 3 is 2.44 bits per heavy atom. The van der Waals surface area contributed by atoms with Gasteiger partial charge in [0.15, 0.2) is 9.84 Å². The van der Waals surface area contributed by atoms with Gasteiger partial charge in [0.2, 0.25) is 10.0 Å². The smallest absolute Gasteiger partial charge is 0.244 e. The van der Waals surface area contributed by atoms with Crippen molar-refractivity contribution in [1.82, 2.24) is 5.32 Å². The number of aromatic hydroxyl groups is 1. The molecule has 0 saturated carbocycles. The molecule has 2 aliphatic rings. The second kappa shape index (κ2) is 6.20. The molecule has 0 aliphatic carbocycles. The molecule has 0 fully saturated rings. The number of sulfone groups is 1. The van der Waals surface area contributed by atoms with Crippen LogP contribution in [0.3, 0.4) is 0 Å². The lowest BCUT2D eigenvalue weighted by Crippen LogP contribution is -2.27. The van der Waals surface area contributed by atoms with E-state index in [1.165, 1.54) is 24.3 Å². The zero-order valence-corrected chi connectivity index (χ0v) is 15.6. The van der Waals surface area contributed by atoms with E-state index < -0.39 is 24.4 Å². The van der Waals surface area contributed by atoms with Crippen LogP contribution in [0, 0.1) is 0 Å². The zero-order valence-electron chi connectivity index (χ0n) is 13.1. The van der Waals surface area contributed by atoms with Crippen LogP contribution in [0.4, 0.5) is 0 Å². The molecule has 1 unspecified atom stereocenters. The highest BCUT2D eigenvalue weighted by atomic mass is 32.3. The Balaban J connectivity index is 2.05. The number of likely N-dealkylation sites (N-methyl/N-ethyl adjacent to an activating group) is 1. The van der Waals surface area contributed by atoms with E-state index in [9.17, 15) is 21.9 Å². The van der Waals surface area contributed by atoms with Gasteiger partial charge in [-0.25, -0.2) is 22.0 Å². The Bertz CT molecular complexity index is 1020. The predicted octanol–water partition coefficient (Wildman–Crippen LogP) is 0.923. The number of allylic oxidation sites excluding steroid dienone is 3. The van der Waals surface area contributed by atoms with Crippen LogP contribution in [0.15, 0.2) is 56.8 Å². The van der Waals surface area contributed by atoms with Gasteiger partial charge < -0.3 is 10.4 Å². The number of phenolic OH excluding ortho intramolecular Hbond substituents is 1. The van der Waals surface area contributed by atoms with Crippen molar-refractivity contribution in [2.75, 3.05) is 7.05 Å². The maximum absolute atomic E-state index is 12.9. The highest BCUT2D eigenvalue weighted by molar-refractivity contribution is 8.25. The van der Waals surface area contributed by atoms with Gasteiger partial charge >= 0.3 is 0 Å². The molecule has 25 heavy (non-hydrogen) atoms. The summed E-state index contributed by atoms with van der Waals surface area (Å²) in [6.45, 7) is 0. The number of fused-ring (bicyclic) bond motifs is 1. The largest absolute Gasteiger partial charge is 0.508 e. The molecule has 0 aromatic heterocycles. The minimum absolute atomic E-state index is 0.0932.